The summed E-state index contributed by atoms with van der Waals surface area (Å²) in [5, 5.41) is 0. The molecular formula is C21H19BrO. The summed E-state index contributed by atoms with van der Waals surface area (Å²) in [5.74, 6) is 1.06. The van der Waals surface area contributed by atoms with Crippen LogP contribution in [0.25, 0.3) is 0 Å². The van der Waals surface area contributed by atoms with Gasteiger partial charge in [0, 0.05) is 16.0 Å². The van der Waals surface area contributed by atoms with E-state index < -0.39 is 0 Å². The standard InChI is InChI=1S/C21H19BrO/c1-15-11-12-20(23-2)19(13-15)21(16-7-4-3-5-8-16)17-9-6-10-18(22)14-17/h3-14,21H,1-2H3. The van der Waals surface area contributed by atoms with E-state index in [1.54, 1.807) is 7.11 Å². The highest BCUT2D eigenvalue weighted by atomic mass is 79.9. The monoisotopic (exact) mass is 366 g/mol. The summed E-state index contributed by atoms with van der Waals surface area (Å²) in [5.41, 5.74) is 4.93. The molecule has 3 aromatic rings. The van der Waals surface area contributed by atoms with E-state index in [2.05, 4.69) is 95.7 Å². The van der Waals surface area contributed by atoms with Gasteiger partial charge in [0.25, 0.3) is 0 Å². The maximum Gasteiger partial charge on any atom is 0.123 e. The average Bonchev–Trinajstić information content (AvgIpc) is 2.56. The molecule has 0 saturated heterocycles. The Kier molecular flexibility index (Phi) is 4.82. The van der Waals surface area contributed by atoms with Gasteiger partial charge in [-0.25, -0.2) is 0 Å². The van der Waals surface area contributed by atoms with Gasteiger partial charge in [0.05, 0.1) is 7.11 Å². The lowest BCUT2D eigenvalue weighted by Gasteiger charge is -2.22. The fraction of sp³-hybridized carbons (Fsp3) is 0.143. The van der Waals surface area contributed by atoms with Crippen molar-refractivity contribution in [1.29, 1.82) is 0 Å². The van der Waals surface area contributed by atoms with E-state index in [4.69, 9.17) is 4.74 Å². The minimum absolute atomic E-state index is 0.142. The first-order valence-corrected chi connectivity index (χ1v) is 8.43. The van der Waals surface area contributed by atoms with Crippen molar-refractivity contribution in [2.45, 2.75) is 12.8 Å². The molecule has 0 saturated carbocycles. The Labute approximate surface area is 146 Å². The van der Waals surface area contributed by atoms with Gasteiger partial charge in [-0.3, -0.25) is 0 Å². The molecule has 1 atom stereocenters. The third-order valence-electron chi connectivity index (χ3n) is 4.01. The van der Waals surface area contributed by atoms with Crippen molar-refractivity contribution in [2.75, 3.05) is 7.11 Å². The molecule has 0 heterocycles. The Hall–Kier alpha value is -2.06. The highest BCUT2D eigenvalue weighted by Gasteiger charge is 2.20. The zero-order valence-electron chi connectivity index (χ0n) is 13.3. The number of ether oxygens (including phenoxy) is 1. The van der Waals surface area contributed by atoms with Crippen LogP contribution in [0.2, 0.25) is 0 Å². The van der Waals surface area contributed by atoms with Crippen LogP contribution in [0, 0.1) is 6.92 Å². The highest BCUT2D eigenvalue weighted by molar-refractivity contribution is 9.10. The van der Waals surface area contributed by atoms with Crippen LogP contribution in [-0.4, -0.2) is 7.11 Å². The van der Waals surface area contributed by atoms with Crippen LogP contribution in [0.15, 0.2) is 77.3 Å². The molecule has 0 spiro atoms. The first-order valence-electron chi connectivity index (χ1n) is 7.64. The zero-order valence-corrected chi connectivity index (χ0v) is 14.9. The van der Waals surface area contributed by atoms with Gasteiger partial charge in [-0.1, -0.05) is 76.1 Å². The lowest BCUT2D eigenvalue weighted by atomic mass is 9.84. The molecule has 3 aromatic carbocycles. The van der Waals surface area contributed by atoms with Gasteiger partial charge in [0.1, 0.15) is 5.75 Å². The predicted octanol–water partition coefficient (Wildman–Crippen LogP) is 5.95. The average molecular weight is 367 g/mol. The Morgan fingerprint density at radius 3 is 2.26 bits per heavy atom. The Morgan fingerprint density at radius 2 is 1.57 bits per heavy atom. The van der Waals surface area contributed by atoms with E-state index >= 15 is 0 Å². The Morgan fingerprint density at radius 1 is 0.826 bits per heavy atom. The molecule has 0 amide bonds. The van der Waals surface area contributed by atoms with Crippen molar-refractivity contribution in [3.8, 4) is 5.75 Å². The van der Waals surface area contributed by atoms with Crippen LogP contribution in [0.3, 0.4) is 0 Å². The normalized spacial score (nSPS) is 12.0. The third kappa shape index (κ3) is 3.48. The van der Waals surface area contributed by atoms with Crippen molar-refractivity contribution in [3.63, 3.8) is 0 Å². The van der Waals surface area contributed by atoms with Crippen LogP contribution in [-0.2, 0) is 0 Å². The lowest BCUT2D eigenvalue weighted by molar-refractivity contribution is 0.409. The number of aryl methyl sites for hydroxylation is 1. The molecule has 3 rings (SSSR count). The minimum Gasteiger partial charge on any atom is -0.496 e. The van der Waals surface area contributed by atoms with Gasteiger partial charge in [-0.2, -0.15) is 0 Å². The number of hydrogen-bond acceptors (Lipinski definition) is 1. The maximum atomic E-state index is 5.64. The minimum atomic E-state index is 0.142. The summed E-state index contributed by atoms with van der Waals surface area (Å²) >= 11 is 3.59. The van der Waals surface area contributed by atoms with E-state index in [9.17, 15) is 0 Å². The molecule has 23 heavy (non-hydrogen) atoms. The first kappa shape index (κ1) is 15.8. The molecular weight excluding hydrogens is 348 g/mol. The highest BCUT2D eigenvalue weighted by Crippen LogP contribution is 2.38. The lowest BCUT2D eigenvalue weighted by Crippen LogP contribution is -2.06. The van der Waals surface area contributed by atoms with Crippen molar-refractivity contribution >= 4 is 15.9 Å². The second kappa shape index (κ2) is 7.01. The molecule has 1 nitrogen and oxygen atoms in total. The molecule has 2 heteroatoms. The van der Waals surface area contributed by atoms with Gasteiger partial charge in [-0.05, 0) is 36.2 Å². The third-order valence-corrected chi connectivity index (χ3v) is 4.50. The molecule has 1 unspecified atom stereocenters. The van der Waals surface area contributed by atoms with E-state index in [0.717, 1.165) is 10.2 Å². The Bertz CT molecular complexity index is 796. The summed E-state index contributed by atoms with van der Waals surface area (Å²) in [7, 11) is 1.73. The van der Waals surface area contributed by atoms with Crippen LogP contribution in [0.4, 0.5) is 0 Å². The number of rotatable bonds is 4. The topological polar surface area (TPSA) is 9.23 Å². The number of halogens is 1. The SMILES string of the molecule is COc1ccc(C)cc1C(c1ccccc1)c1cccc(Br)c1. The molecule has 0 radical (unpaired) electrons. The number of benzene rings is 3. The smallest absolute Gasteiger partial charge is 0.123 e. The van der Waals surface area contributed by atoms with Crippen LogP contribution < -0.4 is 4.74 Å². The van der Waals surface area contributed by atoms with Gasteiger partial charge in [0.2, 0.25) is 0 Å². The summed E-state index contributed by atoms with van der Waals surface area (Å²) in [6.45, 7) is 2.12. The van der Waals surface area contributed by atoms with E-state index in [0.29, 0.717) is 0 Å². The van der Waals surface area contributed by atoms with E-state index in [1.807, 2.05) is 0 Å². The molecule has 116 valence electrons. The summed E-state index contributed by atoms with van der Waals surface area (Å²) in [6.07, 6.45) is 0. The summed E-state index contributed by atoms with van der Waals surface area (Å²) in [4.78, 5) is 0. The number of hydrogen-bond donors (Lipinski definition) is 0. The van der Waals surface area contributed by atoms with Crippen molar-refractivity contribution in [3.05, 3.63) is 99.5 Å². The predicted molar refractivity (Wildman–Crippen MR) is 99.3 cm³/mol. The molecule has 0 aromatic heterocycles. The van der Waals surface area contributed by atoms with Crippen molar-refractivity contribution in [1.82, 2.24) is 0 Å². The Balaban J connectivity index is 2.23. The first-order chi connectivity index (χ1) is 11.2. The molecule has 0 aliphatic heterocycles. The largest absolute Gasteiger partial charge is 0.496 e. The zero-order chi connectivity index (χ0) is 16.2. The van der Waals surface area contributed by atoms with Gasteiger partial charge in [-0.15, -0.1) is 0 Å². The van der Waals surface area contributed by atoms with Crippen LogP contribution in [0.5, 0.6) is 5.75 Å². The van der Waals surface area contributed by atoms with E-state index in [1.165, 1.54) is 22.3 Å². The maximum absolute atomic E-state index is 5.64. The van der Waals surface area contributed by atoms with Crippen molar-refractivity contribution in [2.24, 2.45) is 0 Å². The van der Waals surface area contributed by atoms with Gasteiger partial charge in [0.15, 0.2) is 0 Å². The fourth-order valence-corrected chi connectivity index (χ4v) is 3.38. The fourth-order valence-electron chi connectivity index (χ4n) is 2.96. The molecule has 0 fully saturated rings. The molecule has 0 bridgehead atoms. The second-order valence-electron chi connectivity index (χ2n) is 5.64. The summed E-state index contributed by atoms with van der Waals surface area (Å²) in [6, 6.07) is 25.4. The van der Waals surface area contributed by atoms with Crippen LogP contribution >= 0.6 is 15.9 Å². The van der Waals surface area contributed by atoms with Crippen LogP contribution in [0.1, 0.15) is 28.2 Å². The number of methoxy groups -OCH3 is 1. The summed E-state index contributed by atoms with van der Waals surface area (Å²) < 4.78 is 6.73. The van der Waals surface area contributed by atoms with E-state index in [-0.39, 0.29) is 5.92 Å². The van der Waals surface area contributed by atoms with Gasteiger partial charge < -0.3 is 4.74 Å². The molecule has 0 aliphatic carbocycles. The molecule has 0 aliphatic rings. The quantitative estimate of drug-likeness (QED) is 0.518. The molecule has 0 N–H and O–H groups in total. The van der Waals surface area contributed by atoms with Gasteiger partial charge >= 0.3 is 0 Å². The van der Waals surface area contributed by atoms with Crippen molar-refractivity contribution < 1.29 is 4.74 Å². The second-order valence-corrected chi connectivity index (χ2v) is 6.56.